The van der Waals surface area contributed by atoms with Crippen molar-refractivity contribution in [2.45, 2.75) is 17.7 Å². The van der Waals surface area contributed by atoms with Crippen LogP contribution in [0.4, 0.5) is 5.69 Å². The standard InChI is InChI=1S/C12H16Cl2N2O3S/c13-9-1-2-10(11(14)12(9)15)20(17,18)16-5-3-8-4-6-19-7-8/h1-2,8,16H,3-7,15H2. The molecule has 1 atom stereocenters. The highest BCUT2D eigenvalue weighted by Crippen LogP contribution is 2.32. The largest absolute Gasteiger partial charge is 0.396 e. The first-order valence-corrected chi connectivity index (χ1v) is 8.46. The van der Waals surface area contributed by atoms with Crippen LogP contribution in [0.5, 0.6) is 0 Å². The van der Waals surface area contributed by atoms with Gasteiger partial charge in [-0.1, -0.05) is 23.2 Å². The van der Waals surface area contributed by atoms with Crippen molar-refractivity contribution in [3.8, 4) is 0 Å². The Balaban J connectivity index is 2.04. The molecule has 1 heterocycles. The van der Waals surface area contributed by atoms with Crippen molar-refractivity contribution in [3.05, 3.63) is 22.2 Å². The third kappa shape index (κ3) is 3.56. The zero-order valence-electron chi connectivity index (χ0n) is 10.7. The zero-order valence-corrected chi connectivity index (χ0v) is 13.1. The van der Waals surface area contributed by atoms with Crippen LogP contribution in [0.1, 0.15) is 12.8 Å². The van der Waals surface area contributed by atoms with Crippen molar-refractivity contribution in [1.82, 2.24) is 4.72 Å². The maximum absolute atomic E-state index is 12.2. The molecule has 0 spiro atoms. The van der Waals surface area contributed by atoms with Gasteiger partial charge in [0, 0.05) is 19.8 Å². The van der Waals surface area contributed by atoms with E-state index in [2.05, 4.69) is 4.72 Å². The molecular formula is C12H16Cl2N2O3S. The van der Waals surface area contributed by atoms with Crippen LogP contribution in [0.3, 0.4) is 0 Å². The fraction of sp³-hybridized carbons (Fsp3) is 0.500. The van der Waals surface area contributed by atoms with Gasteiger partial charge in [-0.15, -0.1) is 0 Å². The maximum Gasteiger partial charge on any atom is 0.242 e. The minimum atomic E-state index is -3.68. The number of nitrogen functional groups attached to an aromatic ring is 1. The van der Waals surface area contributed by atoms with Crippen molar-refractivity contribution < 1.29 is 13.2 Å². The quantitative estimate of drug-likeness (QED) is 0.807. The number of benzene rings is 1. The van der Waals surface area contributed by atoms with Crippen molar-refractivity contribution >= 4 is 38.9 Å². The van der Waals surface area contributed by atoms with Crippen LogP contribution in [-0.4, -0.2) is 28.2 Å². The molecule has 1 unspecified atom stereocenters. The summed E-state index contributed by atoms with van der Waals surface area (Å²) >= 11 is 11.7. The van der Waals surface area contributed by atoms with Gasteiger partial charge in [-0.25, -0.2) is 13.1 Å². The van der Waals surface area contributed by atoms with E-state index >= 15 is 0 Å². The number of halogens is 2. The Hall–Kier alpha value is -0.530. The molecule has 0 radical (unpaired) electrons. The molecule has 0 amide bonds. The minimum Gasteiger partial charge on any atom is -0.396 e. The number of hydrogen-bond acceptors (Lipinski definition) is 4. The molecule has 1 saturated heterocycles. The Kier molecular flexibility index (Phi) is 5.14. The topological polar surface area (TPSA) is 81.4 Å². The van der Waals surface area contributed by atoms with E-state index < -0.39 is 10.0 Å². The van der Waals surface area contributed by atoms with E-state index in [-0.39, 0.29) is 20.6 Å². The summed E-state index contributed by atoms with van der Waals surface area (Å²) < 4.78 is 32.1. The Morgan fingerprint density at radius 1 is 1.40 bits per heavy atom. The van der Waals surface area contributed by atoms with Crippen molar-refractivity contribution in [2.24, 2.45) is 5.92 Å². The summed E-state index contributed by atoms with van der Waals surface area (Å²) in [6, 6.07) is 2.77. The van der Waals surface area contributed by atoms with E-state index in [4.69, 9.17) is 33.7 Å². The van der Waals surface area contributed by atoms with Gasteiger partial charge in [-0.2, -0.15) is 0 Å². The van der Waals surface area contributed by atoms with E-state index in [9.17, 15) is 8.42 Å². The molecule has 0 bridgehead atoms. The lowest BCUT2D eigenvalue weighted by Gasteiger charge is -2.12. The summed E-state index contributed by atoms with van der Waals surface area (Å²) in [5, 5.41) is 0.186. The Bertz CT molecular complexity index is 587. The van der Waals surface area contributed by atoms with Crippen LogP contribution in [0.25, 0.3) is 0 Å². The lowest BCUT2D eigenvalue weighted by Crippen LogP contribution is -2.26. The number of sulfonamides is 1. The van der Waals surface area contributed by atoms with Gasteiger partial charge in [0.2, 0.25) is 10.0 Å². The molecule has 1 aliphatic rings. The van der Waals surface area contributed by atoms with Crippen LogP contribution in [0.2, 0.25) is 10.0 Å². The Morgan fingerprint density at radius 3 is 2.80 bits per heavy atom. The molecule has 5 nitrogen and oxygen atoms in total. The minimum absolute atomic E-state index is 0.0470. The lowest BCUT2D eigenvalue weighted by molar-refractivity contribution is 0.184. The number of ether oxygens (including phenoxy) is 1. The number of nitrogens with one attached hydrogen (secondary N) is 1. The zero-order chi connectivity index (χ0) is 14.8. The molecule has 1 fully saturated rings. The predicted octanol–water partition coefficient (Wildman–Crippen LogP) is 2.28. The van der Waals surface area contributed by atoms with E-state index in [1.54, 1.807) is 0 Å². The number of anilines is 1. The average molecular weight is 339 g/mol. The summed E-state index contributed by atoms with van der Waals surface area (Å²) in [7, 11) is -3.68. The summed E-state index contributed by atoms with van der Waals surface area (Å²) in [5.74, 6) is 0.406. The Labute approximate surface area is 128 Å². The molecule has 0 saturated carbocycles. The fourth-order valence-corrected chi connectivity index (χ4v) is 3.85. The molecule has 0 aromatic heterocycles. The van der Waals surface area contributed by atoms with Gasteiger partial charge in [-0.3, -0.25) is 0 Å². The molecule has 8 heteroatoms. The monoisotopic (exact) mass is 338 g/mol. The number of rotatable bonds is 5. The first kappa shape index (κ1) is 15.9. The van der Waals surface area contributed by atoms with Crippen molar-refractivity contribution in [2.75, 3.05) is 25.5 Å². The van der Waals surface area contributed by atoms with Crippen molar-refractivity contribution in [3.63, 3.8) is 0 Å². The average Bonchev–Trinajstić information content (AvgIpc) is 2.88. The summed E-state index contributed by atoms with van der Waals surface area (Å²) in [6.07, 6.45) is 1.70. The molecule has 1 aliphatic heterocycles. The van der Waals surface area contributed by atoms with Crippen LogP contribution >= 0.6 is 23.2 Å². The first-order valence-electron chi connectivity index (χ1n) is 6.22. The second-order valence-electron chi connectivity index (χ2n) is 4.69. The van der Waals surface area contributed by atoms with Gasteiger partial charge in [-0.05, 0) is 30.9 Å². The van der Waals surface area contributed by atoms with E-state index in [0.29, 0.717) is 19.1 Å². The molecule has 0 aliphatic carbocycles. The van der Waals surface area contributed by atoms with E-state index in [1.807, 2.05) is 0 Å². The highest BCUT2D eigenvalue weighted by molar-refractivity contribution is 7.89. The maximum atomic E-state index is 12.2. The van der Waals surface area contributed by atoms with Gasteiger partial charge in [0.25, 0.3) is 0 Å². The summed E-state index contributed by atoms with van der Waals surface area (Å²) in [5.41, 5.74) is 5.70. The number of hydrogen-bond donors (Lipinski definition) is 2. The molecule has 1 aromatic rings. The highest BCUT2D eigenvalue weighted by atomic mass is 35.5. The molecule has 20 heavy (non-hydrogen) atoms. The first-order chi connectivity index (χ1) is 9.42. The second-order valence-corrected chi connectivity index (χ2v) is 7.21. The predicted molar refractivity (Wildman–Crippen MR) is 79.6 cm³/mol. The van der Waals surface area contributed by atoms with Gasteiger partial charge in [0.15, 0.2) is 0 Å². The van der Waals surface area contributed by atoms with Crippen LogP contribution < -0.4 is 10.5 Å². The van der Waals surface area contributed by atoms with Crippen LogP contribution in [0.15, 0.2) is 17.0 Å². The second kappa shape index (κ2) is 6.49. The smallest absolute Gasteiger partial charge is 0.242 e. The van der Waals surface area contributed by atoms with Gasteiger partial charge in [0.1, 0.15) is 4.90 Å². The molecular weight excluding hydrogens is 323 g/mol. The molecule has 2 rings (SSSR count). The molecule has 1 aromatic carbocycles. The highest BCUT2D eigenvalue weighted by Gasteiger charge is 2.21. The normalized spacial score (nSPS) is 19.4. The van der Waals surface area contributed by atoms with Crippen LogP contribution in [-0.2, 0) is 14.8 Å². The van der Waals surface area contributed by atoms with Gasteiger partial charge >= 0.3 is 0 Å². The van der Waals surface area contributed by atoms with Crippen molar-refractivity contribution in [1.29, 1.82) is 0 Å². The third-order valence-corrected chi connectivity index (χ3v) is 5.60. The summed E-state index contributed by atoms with van der Waals surface area (Å²) in [6.45, 7) is 1.78. The lowest BCUT2D eigenvalue weighted by atomic mass is 10.1. The van der Waals surface area contributed by atoms with E-state index in [0.717, 1.165) is 19.4 Å². The molecule has 112 valence electrons. The molecule has 3 N–H and O–H groups in total. The third-order valence-electron chi connectivity index (χ3n) is 3.25. The Morgan fingerprint density at radius 2 is 2.15 bits per heavy atom. The summed E-state index contributed by atoms with van der Waals surface area (Å²) in [4.78, 5) is -0.0521. The van der Waals surface area contributed by atoms with E-state index in [1.165, 1.54) is 12.1 Å². The van der Waals surface area contributed by atoms with Gasteiger partial charge < -0.3 is 10.5 Å². The SMILES string of the molecule is Nc1c(Cl)ccc(S(=O)(=O)NCCC2CCOC2)c1Cl. The number of nitrogens with two attached hydrogens (primary N) is 1. The van der Waals surface area contributed by atoms with Crippen LogP contribution in [0, 0.1) is 5.92 Å². The fourth-order valence-electron chi connectivity index (χ4n) is 2.04. The van der Waals surface area contributed by atoms with Gasteiger partial charge in [0.05, 0.1) is 15.7 Å².